The number of ether oxygens (including phenoxy) is 1. The zero-order valence-corrected chi connectivity index (χ0v) is 11.7. The lowest BCUT2D eigenvalue weighted by molar-refractivity contribution is 0.304. The van der Waals surface area contributed by atoms with Crippen LogP contribution >= 0.6 is 0 Å². The van der Waals surface area contributed by atoms with E-state index in [0.717, 1.165) is 29.9 Å². The predicted molar refractivity (Wildman–Crippen MR) is 78.0 cm³/mol. The highest BCUT2D eigenvalue weighted by Gasteiger charge is 1.98. The van der Waals surface area contributed by atoms with Gasteiger partial charge in [0.2, 0.25) is 0 Å². The maximum Gasteiger partial charge on any atom is 0.119 e. The van der Waals surface area contributed by atoms with Gasteiger partial charge in [0.15, 0.2) is 0 Å². The van der Waals surface area contributed by atoms with Crippen LogP contribution < -0.4 is 4.74 Å². The molecule has 1 nitrogen and oxygen atoms in total. The van der Waals surface area contributed by atoms with E-state index >= 15 is 0 Å². The highest BCUT2D eigenvalue weighted by Crippen LogP contribution is 2.17. The van der Waals surface area contributed by atoms with Crippen molar-refractivity contribution in [2.75, 3.05) is 6.61 Å². The molecule has 18 heavy (non-hydrogen) atoms. The summed E-state index contributed by atoms with van der Waals surface area (Å²) in [6.07, 6.45) is 13.1. The SMILES string of the molecule is C#Cc1ccc(OCCCCCCCC)cc1C. The summed E-state index contributed by atoms with van der Waals surface area (Å²) in [6, 6.07) is 5.93. The van der Waals surface area contributed by atoms with Crippen LogP contribution in [0.1, 0.15) is 56.6 Å². The van der Waals surface area contributed by atoms with Crippen molar-refractivity contribution < 1.29 is 4.74 Å². The Hall–Kier alpha value is -1.42. The van der Waals surface area contributed by atoms with E-state index in [4.69, 9.17) is 11.2 Å². The van der Waals surface area contributed by atoms with Crippen LogP contribution in [0.4, 0.5) is 0 Å². The highest BCUT2D eigenvalue weighted by atomic mass is 16.5. The minimum Gasteiger partial charge on any atom is -0.494 e. The summed E-state index contributed by atoms with van der Waals surface area (Å²) >= 11 is 0. The summed E-state index contributed by atoms with van der Waals surface area (Å²) in [5.74, 6) is 3.59. The van der Waals surface area contributed by atoms with Crippen molar-refractivity contribution in [1.29, 1.82) is 0 Å². The van der Waals surface area contributed by atoms with Gasteiger partial charge in [0.1, 0.15) is 5.75 Å². The zero-order chi connectivity index (χ0) is 13.2. The fourth-order valence-corrected chi connectivity index (χ4v) is 1.96. The van der Waals surface area contributed by atoms with Crippen LogP contribution in [0.2, 0.25) is 0 Å². The van der Waals surface area contributed by atoms with Crippen molar-refractivity contribution in [3.05, 3.63) is 29.3 Å². The van der Waals surface area contributed by atoms with Gasteiger partial charge in [-0.1, -0.05) is 44.9 Å². The van der Waals surface area contributed by atoms with Crippen molar-refractivity contribution in [2.24, 2.45) is 0 Å². The Kier molecular flexibility index (Phi) is 7.03. The van der Waals surface area contributed by atoms with E-state index in [9.17, 15) is 0 Å². The lowest BCUT2D eigenvalue weighted by atomic mass is 10.1. The molecule has 0 heterocycles. The fraction of sp³-hybridized carbons (Fsp3) is 0.529. The van der Waals surface area contributed by atoms with E-state index in [1.807, 2.05) is 25.1 Å². The Bertz CT molecular complexity index is 387. The molecule has 0 unspecified atom stereocenters. The molecule has 1 heteroatoms. The number of hydrogen-bond donors (Lipinski definition) is 0. The normalized spacial score (nSPS) is 10.1. The zero-order valence-electron chi connectivity index (χ0n) is 11.7. The Balaban J connectivity index is 2.20. The lowest BCUT2D eigenvalue weighted by Gasteiger charge is -2.07. The van der Waals surface area contributed by atoms with Crippen molar-refractivity contribution in [2.45, 2.75) is 52.4 Å². The summed E-state index contributed by atoms with van der Waals surface area (Å²) in [5, 5.41) is 0. The first-order chi connectivity index (χ1) is 8.77. The van der Waals surface area contributed by atoms with Crippen LogP contribution in [-0.4, -0.2) is 6.61 Å². The number of terminal acetylenes is 1. The molecule has 0 aliphatic carbocycles. The smallest absolute Gasteiger partial charge is 0.119 e. The Labute approximate surface area is 112 Å². The molecular formula is C17H24O. The van der Waals surface area contributed by atoms with Crippen molar-refractivity contribution in [3.63, 3.8) is 0 Å². The molecule has 0 saturated carbocycles. The third kappa shape index (κ3) is 5.27. The van der Waals surface area contributed by atoms with Crippen LogP contribution in [0, 0.1) is 19.3 Å². The molecule has 0 spiro atoms. The van der Waals surface area contributed by atoms with Gasteiger partial charge >= 0.3 is 0 Å². The number of rotatable bonds is 8. The number of hydrogen-bond acceptors (Lipinski definition) is 1. The van der Waals surface area contributed by atoms with Crippen molar-refractivity contribution in [1.82, 2.24) is 0 Å². The van der Waals surface area contributed by atoms with Gasteiger partial charge in [0.25, 0.3) is 0 Å². The first kappa shape index (κ1) is 14.6. The van der Waals surface area contributed by atoms with Gasteiger partial charge in [-0.3, -0.25) is 0 Å². The van der Waals surface area contributed by atoms with Crippen LogP contribution in [-0.2, 0) is 0 Å². The van der Waals surface area contributed by atoms with Gasteiger partial charge in [0, 0.05) is 5.56 Å². The maximum absolute atomic E-state index is 5.72. The standard InChI is InChI=1S/C17H24O/c1-4-6-7-8-9-10-13-18-17-12-11-16(5-2)15(3)14-17/h2,11-12,14H,4,6-10,13H2,1,3H3. The second-order valence-corrected chi connectivity index (χ2v) is 4.74. The monoisotopic (exact) mass is 244 g/mol. The molecule has 98 valence electrons. The molecule has 1 aromatic carbocycles. The number of unbranched alkanes of at least 4 members (excludes halogenated alkanes) is 5. The molecule has 0 fully saturated rings. The molecule has 0 amide bonds. The molecule has 1 aromatic rings. The molecule has 0 aliphatic heterocycles. The van der Waals surface area contributed by atoms with E-state index in [2.05, 4.69) is 12.8 Å². The first-order valence-electron chi connectivity index (χ1n) is 6.98. The van der Waals surface area contributed by atoms with E-state index in [1.165, 1.54) is 32.1 Å². The fourth-order valence-electron chi connectivity index (χ4n) is 1.96. The summed E-state index contributed by atoms with van der Waals surface area (Å²) in [6.45, 7) is 5.07. The molecule has 0 N–H and O–H groups in total. The minimum absolute atomic E-state index is 0.807. The van der Waals surface area contributed by atoms with Crippen LogP contribution in [0.15, 0.2) is 18.2 Å². The van der Waals surface area contributed by atoms with Gasteiger partial charge in [-0.15, -0.1) is 6.42 Å². The Morgan fingerprint density at radius 2 is 1.83 bits per heavy atom. The summed E-state index contributed by atoms with van der Waals surface area (Å²) < 4.78 is 5.72. The molecule has 0 aliphatic rings. The average molecular weight is 244 g/mol. The summed E-state index contributed by atoms with van der Waals surface area (Å²) in [4.78, 5) is 0. The summed E-state index contributed by atoms with van der Waals surface area (Å²) in [5.41, 5.74) is 2.06. The van der Waals surface area contributed by atoms with Gasteiger partial charge in [-0.05, 0) is 37.1 Å². The molecule has 0 atom stereocenters. The highest BCUT2D eigenvalue weighted by molar-refractivity contribution is 5.43. The molecular weight excluding hydrogens is 220 g/mol. The molecule has 1 rings (SSSR count). The molecule has 0 radical (unpaired) electrons. The van der Waals surface area contributed by atoms with Crippen molar-refractivity contribution >= 4 is 0 Å². The van der Waals surface area contributed by atoms with Crippen LogP contribution in [0.3, 0.4) is 0 Å². The van der Waals surface area contributed by atoms with Gasteiger partial charge in [-0.2, -0.15) is 0 Å². The van der Waals surface area contributed by atoms with Gasteiger partial charge < -0.3 is 4.74 Å². The molecule has 0 bridgehead atoms. The predicted octanol–water partition coefficient (Wildman–Crippen LogP) is 4.72. The van der Waals surface area contributed by atoms with Crippen molar-refractivity contribution in [3.8, 4) is 18.1 Å². The second-order valence-electron chi connectivity index (χ2n) is 4.74. The van der Waals surface area contributed by atoms with Gasteiger partial charge in [-0.25, -0.2) is 0 Å². The lowest BCUT2D eigenvalue weighted by Crippen LogP contribution is -1.98. The maximum atomic E-state index is 5.72. The Morgan fingerprint density at radius 1 is 1.11 bits per heavy atom. The minimum atomic E-state index is 0.807. The second kappa shape index (κ2) is 8.64. The van der Waals surface area contributed by atoms with Crippen LogP contribution in [0.25, 0.3) is 0 Å². The summed E-state index contributed by atoms with van der Waals surface area (Å²) in [7, 11) is 0. The quantitative estimate of drug-likeness (QED) is 0.475. The Morgan fingerprint density at radius 3 is 2.50 bits per heavy atom. The van der Waals surface area contributed by atoms with Crippen LogP contribution in [0.5, 0.6) is 5.75 Å². The van der Waals surface area contributed by atoms with Gasteiger partial charge in [0.05, 0.1) is 6.61 Å². The van der Waals surface area contributed by atoms with E-state index < -0.39 is 0 Å². The number of aryl methyl sites for hydroxylation is 1. The van der Waals surface area contributed by atoms with E-state index in [1.54, 1.807) is 0 Å². The largest absolute Gasteiger partial charge is 0.494 e. The van der Waals surface area contributed by atoms with E-state index in [0.29, 0.717) is 0 Å². The van der Waals surface area contributed by atoms with E-state index in [-0.39, 0.29) is 0 Å². The molecule has 0 aromatic heterocycles. The molecule has 0 saturated heterocycles. The third-order valence-electron chi connectivity index (χ3n) is 3.12. The topological polar surface area (TPSA) is 9.23 Å². The average Bonchev–Trinajstić information content (AvgIpc) is 2.38. The third-order valence-corrected chi connectivity index (χ3v) is 3.12. The number of benzene rings is 1. The first-order valence-corrected chi connectivity index (χ1v) is 6.98.